The van der Waals surface area contributed by atoms with Gasteiger partial charge in [-0.25, -0.2) is 0 Å². The van der Waals surface area contributed by atoms with Crippen LogP contribution in [0.1, 0.15) is 30.6 Å². The van der Waals surface area contributed by atoms with Crippen molar-refractivity contribution in [2.24, 2.45) is 0 Å². The molecule has 0 unspecified atom stereocenters. The first-order chi connectivity index (χ1) is 12.5. The number of carbonyl (C=O) groups excluding carboxylic acids is 2. The summed E-state index contributed by atoms with van der Waals surface area (Å²) in [6.45, 7) is 4.04. The molecule has 2 aromatic rings. The van der Waals surface area contributed by atoms with E-state index >= 15 is 0 Å². The number of rotatable bonds is 6. The van der Waals surface area contributed by atoms with Gasteiger partial charge in [0.1, 0.15) is 5.75 Å². The van der Waals surface area contributed by atoms with E-state index < -0.39 is 0 Å². The zero-order valence-corrected chi connectivity index (χ0v) is 15.5. The van der Waals surface area contributed by atoms with E-state index in [1.54, 1.807) is 48.5 Å². The second-order valence-electron chi connectivity index (χ2n) is 5.55. The van der Waals surface area contributed by atoms with Gasteiger partial charge >= 0.3 is 0 Å². The van der Waals surface area contributed by atoms with Crippen LogP contribution in [0.3, 0.4) is 0 Å². The number of carbonyl (C=O) groups is 2. The first-order valence-electron chi connectivity index (χ1n) is 8.21. The molecule has 6 nitrogen and oxygen atoms in total. The highest BCUT2D eigenvalue weighted by molar-refractivity contribution is 7.80. The van der Waals surface area contributed by atoms with Gasteiger partial charge < -0.3 is 15.4 Å². The smallest absolute Gasteiger partial charge is 0.257 e. The molecule has 0 fully saturated rings. The fraction of sp³-hybridized carbons (Fsp3) is 0.211. The van der Waals surface area contributed by atoms with Crippen molar-refractivity contribution in [3.8, 4) is 5.75 Å². The lowest BCUT2D eigenvalue weighted by Crippen LogP contribution is -2.34. The van der Waals surface area contributed by atoms with Crippen LogP contribution in [0.15, 0.2) is 48.5 Å². The van der Waals surface area contributed by atoms with Crippen molar-refractivity contribution >= 4 is 40.5 Å². The third-order valence-electron chi connectivity index (χ3n) is 3.24. The Bertz CT molecular complexity index is 808. The predicted molar refractivity (Wildman–Crippen MR) is 107 cm³/mol. The third-order valence-corrected chi connectivity index (χ3v) is 3.44. The van der Waals surface area contributed by atoms with Gasteiger partial charge in [-0.2, -0.15) is 0 Å². The Hall–Kier alpha value is -2.93. The molecule has 0 spiro atoms. The SMILES string of the molecule is CCCOc1cccc(C(=O)NC(=S)Nc2cccc(NC(C)=O)c2)c1. The van der Waals surface area contributed by atoms with Gasteiger partial charge in [0.25, 0.3) is 5.91 Å². The van der Waals surface area contributed by atoms with Crippen LogP contribution in [0, 0.1) is 0 Å². The normalized spacial score (nSPS) is 9.92. The highest BCUT2D eigenvalue weighted by Gasteiger charge is 2.09. The van der Waals surface area contributed by atoms with Gasteiger partial charge in [-0.1, -0.05) is 19.1 Å². The van der Waals surface area contributed by atoms with E-state index in [-0.39, 0.29) is 16.9 Å². The number of nitrogens with one attached hydrogen (secondary N) is 3. The van der Waals surface area contributed by atoms with Crippen LogP contribution >= 0.6 is 12.2 Å². The molecule has 136 valence electrons. The maximum Gasteiger partial charge on any atom is 0.257 e. The topological polar surface area (TPSA) is 79.5 Å². The molecule has 0 saturated heterocycles. The van der Waals surface area contributed by atoms with Crippen molar-refractivity contribution in [1.82, 2.24) is 5.32 Å². The van der Waals surface area contributed by atoms with Gasteiger partial charge in [0.15, 0.2) is 5.11 Å². The van der Waals surface area contributed by atoms with Crippen LogP contribution < -0.4 is 20.7 Å². The van der Waals surface area contributed by atoms with Gasteiger partial charge in [-0.3, -0.25) is 14.9 Å². The van der Waals surface area contributed by atoms with E-state index in [0.29, 0.717) is 29.3 Å². The molecule has 0 radical (unpaired) electrons. The Morgan fingerprint density at radius 2 is 1.73 bits per heavy atom. The van der Waals surface area contributed by atoms with Gasteiger partial charge in [0.05, 0.1) is 6.61 Å². The molecule has 2 amide bonds. The minimum Gasteiger partial charge on any atom is -0.494 e. The summed E-state index contributed by atoms with van der Waals surface area (Å²) >= 11 is 5.18. The lowest BCUT2D eigenvalue weighted by Gasteiger charge is -2.11. The molecule has 0 heterocycles. The number of anilines is 2. The number of hydrogen-bond acceptors (Lipinski definition) is 4. The number of hydrogen-bond donors (Lipinski definition) is 3. The summed E-state index contributed by atoms with van der Waals surface area (Å²) in [5, 5.41) is 8.40. The Labute approximate surface area is 157 Å². The minimum absolute atomic E-state index is 0.162. The summed E-state index contributed by atoms with van der Waals surface area (Å²) in [5.74, 6) is 0.145. The molecule has 0 aliphatic carbocycles. The van der Waals surface area contributed by atoms with E-state index in [1.807, 2.05) is 6.92 Å². The van der Waals surface area contributed by atoms with Crippen molar-refractivity contribution in [3.63, 3.8) is 0 Å². The number of amides is 2. The molecule has 26 heavy (non-hydrogen) atoms. The van der Waals surface area contributed by atoms with Gasteiger partial charge in [0, 0.05) is 23.9 Å². The maximum atomic E-state index is 12.3. The number of benzene rings is 2. The molecular formula is C19H21N3O3S. The monoisotopic (exact) mass is 371 g/mol. The number of ether oxygens (including phenoxy) is 1. The van der Waals surface area contributed by atoms with E-state index in [4.69, 9.17) is 17.0 Å². The van der Waals surface area contributed by atoms with Crippen LogP contribution in [0.4, 0.5) is 11.4 Å². The van der Waals surface area contributed by atoms with E-state index in [1.165, 1.54) is 6.92 Å². The first kappa shape index (κ1) is 19.4. The highest BCUT2D eigenvalue weighted by atomic mass is 32.1. The maximum absolute atomic E-state index is 12.3. The van der Waals surface area contributed by atoms with Crippen LogP contribution in [0.25, 0.3) is 0 Å². The van der Waals surface area contributed by atoms with Crippen LogP contribution in [-0.2, 0) is 4.79 Å². The molecule has 2 aromatic carbocycles. The zero-order valence-electron chi connectivity index (χ0n) is 14.7. The van der Waals surface area contributed by atoms with E-state index in [0.717, 1.165) is 6.42 Å². The minimum atomic E-state index is -0.331. The summed E-state index contributed by atoms with van der Waals surface area (Å²) in [6, 6.07) is 14.0. The summed E-state index contributed by atoms with van der Waals surface area (Å²) in [7, 11) is 0. The standard InChI is InChI=1S/C19H21N3O3S/c1-3-10-25-17-9-4-6-14(11-17)18(24)22-19(26)21-16-8-5-7-15(12-16)20-13(2)23/h4-9,11-12H,3,10H2,1-2H3,(H,20,23)(H2,21,22,24,26). The summed E-state index contributed by atoms with van der Waals surface area (Å²) < 4.78 is 5.53. The van der Waals surface area contributed by atoms with Crippen LogP contribution in [0.5, 0.6) is 5.75 Å². The molecule has 0 atom stereocenters. The molecule has 0 aromatic heterocycles. The Morgan fingerprint density at radius 1 is 1.04 bits per heavy atom. The Balaban J connectivity index is 1.97. The zero-order chi connectivity index (χ0) is 18.9. The van der Waals surface area contributed by atoms with Crippen molar-refractivity contribution < 1.29 is 14.3 Å². The Morgan fingerprint density at radius 3 is 2.42 bits per heavy atom. The van der Waals surface area contributed by atoms with E-state index in [9.17, 15) is 9.59 Å². The summed E-state index contributed by atoms with van der Waals surface area (Å²) in [5.41, 5.74) is 1.74. The quantitative estimate of drug-likeness (QED) is 0.677. The molecule has 0 bridgehead atoms. The van der Waals surface area contributed by atoms with Crippen molar-refractivity contribution in [1.29, 1.82) is 0 Å². The molecule has 3 N–H and O–H groups in total. The third kappa shape index (κ3) is 6.18. The Kier molecular flexibility index (Phi) is 7.11. The van der Waals surface area contributed by atoms with E-state index in [2.05, 4.69) is 16.0 Å². The average molecular weight is 371 g/mol. The average Bonchev–Trinajstić information content (AvgIpc) is 2.59. The molecule has 2 rings (SSSR count). The van der Waals surface area contributed by atoms with Crippen molar-refractivity contribution in [3.05, 3.63) is 54.1 Å². The molecule has 0 aliphatic rings. The van der Waals surface area contributed by atoms with Crippen molar-refractivity contribution in [2.75, 3.05) is 17.2 Å². The molecule has 0 aliphatic heterocycles. The lowest BCUT2D eigenvalue weighted by atomic mass is 10.2. The molecule has 7 heteroatoms. The number of thiocarbonyl (C=S) groups is 1. The van der Waals surface area contributed by atoms with Crippen LogP contribution in [-0.4, -0.2) is 23.5 Å². The molecule has 0 saturated carbocycles. The van der Waals surface area contributed by atoms with Gasteiger partial charge in [-0.15, -0.1) is 0 Å². The fourth-order valence-electron chi connectivity index (χ4n) is 2.16. The van der Waals surface area contributed by atoms with Gasteiger partial charge in [-0.05, 0) is 55.0 Å². The predicted octanol–water partition coefficient (Wildman–Crippen LogP) is 3.56. The largest absolute Gasteiger partial charge is 0.494 e. The summed E-state index contributed by atoms with van der Waals surface area (Å²) in [6.07, 6.45) is 0.891. The highest BCUT2D eigenvalue weighted by Crippen LogP contribution is 2.16. The second-order valence-corrected chi connectivity index (χ2v) is 5.95. The first-order valence-corrected chi connectivity index (χ1v) is 8.61. The van der Waals surface area contributed by atoms with Gasteiger partial charge in [0.2, 0.25) is 5.91 Å². The fourth-order valence-corrected chi connectivity index (χ4v) is 2.37. The van der Waals surface area contributed by atoms with Crippen molar-refractivity contribution in [2.45, 2.75) is 20.3 Å². The second kappa shape index (κ2) is 9.53. The summed E-state index contributed by atoms with van der Waals surface area (Å²) in [4.78, 5) is 23.5. The lowest BCUT2D eigenvalue weighted by molar-refractivity contribution is -0.114. The van der Waals surface area contributed by atoms with Crippen LogP contribution in [0.2, 0.25) is 0 Å². The molecular weight excluding hydrogens is 350 g/mol.